The first-order valence-electron chi connectivity index (χ1n) is 10.0. The summed E-state index contributed by atoms with van der Waals surface area (Å²) >= 11 is 0. The standard InChI is InChI=1S/C21H26N6O2/c1-16(17-6-3-2-4-7-17)27-15-18(14-19(27)28)24-21(29)26-12-10-25(11-13-26)20-22-8-5-9-23-20/h2-9,16,18H,10-15H2,1H3,(H,24,29). The highest BCUT2D eigenvalue weighted by Gasteiger charge is 2.35. The highest BCUT2D eigenvalue weighted by Crippen LogP contribution is 2.25. The Labute approximate surface area is 170 Å². The van der Waals surface area contributed by atoms with Gasteiger partial charge in [0, 0.05) is 51.5 Å². The molecule has 152 valence electrons. The van der Waals surface area contributed by atoms with Gasteiger partial charge in [-0.3, -0.25) is 4.79 Å². The lowest BCUT2D eigenvalue weighted by Crippen LogP contribution is -2.54. The Kier molecular flexibility index (Phi) is 5.59. The summed E-state index contributed by atoms with van der Waals surface area (Å²) in [6, 6.07) is 11.5. The molecular weight excluding hydrogens is 368 g/mol. The van der Waals surface area contributed by atoms with E-state index < -0.39 is 0 Å². The minimum atomic E-state index is -0.156. The van der Waals surface area contributed by atoms with Gasteiger partial charge in [0.1, 0.15) is 0 Å². The van der Waals surface area contributed by atoms with Crippen molar-refractivity contribution in [1.29, 1.82) is 0 Å². The first-order valence-corrected chi connectivity index (χ1v) is 10.0. The van der Waals surface area contributed by atoms with Crippen LogP contribution in [0, 0.1) is 0 Å². The maximum atomic E-state index is 12.7. The van der Waals surface area contributed by atoms with Crippen molar-refractivity contribution in [2.24, 2.45) is 0 Å². The number of nitrogens with one attached hydrogen (secondary N) is 1. The molecule has 1 aromatic carbocycles. The predicted octanol–water partition coefficient (Wildman–Crippen LogP) is 1.67. The number of carbonyl (C=O) groups excluding carboxylic acids is 2. The number of amides is 3. The Morgan fingerprint density at radius 3 is 2.45 bits per heavy atom. The maximum Gasteiger partial charge on any atom is 0.317 e. The summed E-state index contributed by atoms with van der Waals surface area (Å²) in [4.78, 5) is 39.4. The molecule has 0 saturated carbocycles. The van der Waals surface area contributed by atoms with Crippen molar-refractivity contribution in [3.63, 3.8) is 0 Å². The van der Waals surface area contributed by atoms with Gasteiger partial charge in [-0.15, -0.1) is 0 Å². The molecule has 8 heteroatoms. The topological polar surface area (TPSA) is 81.7 Å². The molecule has 2 saturated heterocycles. The minimum absolute atomic E-state index is 0.0000179. The molecular formula is C21H26N6O2. The van der Waals surface area contributed by atoms with Crippen LogP contribution in [0.1, 0.15) is 24.9 Å². The van der Waals surface area contributed by atoms with Crippen molar-refractivity contribution in [1.82, 2.24) is 25.1 Å². The van der Waals surface area contributed by atoms with Crippen LogP contribution in [0.4, 0.5) is 10.7 Å². The van der Waals surface area contributed by atoms with Gasteiger partial charge in [-0.25, -0.2) is 14.8 Å². The first-order chi connectivity index (χ1) is 14.1. The molecule has 0 radical (unpaired) electrons. The van der Waals surface area contributed by atoms with Crippen LogP contribution in [-0.2, 0) is 4.79 Å². The Bertz CT molecular complexity index is 839. The molecule has 2 atom stereocenters. The fourth-order valence-corrected chi connectivity index (χ4v) is 3.94. The SMILES string of the molecule is CC(c1ccccc1)N1CC(NC(=O)N2CCN(c3ncccn3)CC2)CC1=O. The van der Waals surface area contributed by atoms with E-state index in [1.807, 2.05) is 42.2 Å². The van der Waals surface area contributed by atoms with Crippen LogP contribution < -0.4 is 10.2 Å². The van der Waals surface area contributed by atoms with E-state index in [1.165, 1.54) is 0 Å². The van der Waals surface area contributed by atoms with Gasteiger partial charge in [-0.1, -0.05) is 30.3 Å². The first kappa shape index (κ1) is 19.2. The fourth-order valence-electron chi connectivity index (χ4n) is 3.94. The van der Waals surface area contributed by atoms with Crippen LogP contribution in [0.3, 0.4) is 0 Å². The molecule has 0 aliphatic carbocycles. The summed E-state index contributed by atoms with van der Waals surface area (Å²) in [5.41, 5.74) is 1.10. The van der Waals surface area contributed by atoms with E-state index in [1.54, 1.807) is 23.4 Å². The average Bonchev–Trinajstić information content (AvgIpc) is 3.14. The van der Waals surface area contributed by atoms with Gasteiger partial charge in [0.05, 0.1) is 12.1 Å². The van der Waals surface area contributed by atoms with Gasteiger partial charge in [0.2, 0.25) is 11.9 Å². The van der Waals surface area contributed by atoms with E-state index in [9.17, 15) is 9.59 Å². The third-order valence-corrected chi connectivity index (χ3v) is 5.64. The van der Waals surface area contributed by atoms with Gasteiger partial charge >= 0.3 is 6.03 Å². The predicted molar refractivity (Wildman–Crippen MR) is 109 cm³/mol. The number of rotatable bonds is 4. The van der Waals surface area contributed by atoms with Gasteiger partial charge in [-0.2, -0.15) is 0 Å². The molecule has 2 unspecified atom stereocenters. The van der Waals surface area contributed by atoms with Crippen molar-refractivity contribution < 1.29 is 9.59 Å². The van der Waals surface area contributed by atoms with Crippen molar-refractivity contribution in [2.75, 3.05) is 37.6 Å². The summed E-state index contributed by atoms with van der Waals surface area (Å²) in [6.45, 7) is 5.17. The summed E-state index contributed by atoms with van der Waals surface area (Å²) in [5.74, 6) is 0.775. The lowest BCUT2D eigenvalue weighted by Gasteiger charge is -2.35. The number of urea groups is 1. The molecule has 2 aliphatic heterocycles. The number of likely N-dealkylation sites (tertiary alicyclic amines) is 1. The number of aromatic nitrogens is 2. The molecule has 1 N–H and O–H groups in total. The normalized spacial score (nSPS) is 20.7. The zero-order chi connectivity index (χ0) is 20.2. The zero-order valence-electron chi connectivity index (χ0n) is 16.6. The number of hydrogen-bond acceptors (Lipinski definition) is 5. The molecule has 4 rings (SSSR count). The number of carbonyl (C=O) groups is 2. The highest BCUT2D eigenvalue weighted by atomic mass is 16.2. The molecule has 1 aromatic heterocycles. The number of benzene rings is 1. The fraction of sp³-hybridized carbons (Fsp3) is 0.429. The maximum absolute atomic E-state index is 12.7. The van der Waals surface area contributed by atoms with E-state index in [-0.39, 0.29) is 24.0 Å². The summed E-state index contributed by atoms with van der Waals surface area (Å²) in [6.07, 6.45) is 3.79. The van der Waals surface area contributed by atoms with Crippen LogP contribution in [0.2, 0.25) is 0 Å². The number of piperazine rings is 1. The van der Waals surface area contributed by atoms with Crippen LogP contribution in [0.25, 0.3) is 0 Å². The molecule has 3 amide bonds. The van der Waals surface area contributed by atoms with E-state index in [0.717, 1.165) is 5.56 Å². The Morgan fingerprint density at radius 1 is 1.07 bits per heavy atom. The van der Waals surface area contributed by atoms with Crippen LogP contribution >= 0.6 is 0 Å². The van der Waals surface area contributed by atoms with Gasteiger partial charge in [0.25, 0.3) is 0 Å². The quantitative estimate of drug-likeness (QED) is 0.853. The number of hydrogen-bond donors (Lipinski definition) is 1. The Morgan fingerprint density at radius 2 is 1.76 bits per heavy atom. The average molecular weight is 394 g/mol. The van der Waals surface area contributed by atoms with Crippen molar-refractivity contribution >= 4 is 17.9 Å². The van der Waals surface area contributed by atoms with Crippen LogP contribution in [0.5, 0.6) is 0 Å². The molecule has 2 fully saturated rings. The van der Waals surface area contributed by atoms with E-state index >= 15 is 0 Å². The molecule has 2 aromatic rings. The second-order valence-corrected chi connectivity index (χ2v) is 7.51. The lowest BCUT2D eigenvalue weighted by molar-refractivity contribution is -0.129. The molecule has 29 heavy (non-hydrogen) atoms. The van der Waals surface area contributed by atoms with Gasteiger partial charge < -0.3 is 20.0 Å². The molecule has 2 aliphatic rings. The zero-order valence-corrected chi connectivity index (χ0v) is 16.6. The third kappa shape index (κ3) is 4.31. The third-order valence-electron chi connectivity index (χ3n) is 5.64. The molecule has 8 nitrogen and oxygen atoms in total. The van der Waals surface area contributed by atoms with E-state index in [2.05, 4.69) is 20.2 Å². The van der Waals surface area contributed by atoms with E-state index in [4.69, 9.17) is 0 Å². The van der Waals surface area contributed by atoms with Crippen LogP contribution in [0.15, 0.2) is 48.8 Å². The molecule has 0 spiro atoms. The van der Waals surface area contributed by atoms with Crippen LogP contribution in [-0.4, -0.2) is 70.5 Å². The van der Waals surface area contributed by atoms with Gasteiger partial charge in [0.15, 0.2) is 0 Å². The smallest absolute Gasteiger partial charge is 0.317 e. The Hall–Kier alpha value is -3.16. The lowest BCUT2D eigenvalue weighted by atomic mass is 10.1. The van der Waals surface area contributed by atoms with Crippen molar-refractivity contribution in [3.8, 4) is 0 Å². The van der Waals surface area contributed by atoms with Crippen molar-refractivity contribution in [2.45, 2.75) is 25.4 Å². The summed E-state index contributed by atoms with van der Waals surface area (Å²) < 4.78 is 0. The number of anilines is 1. The van der Waals surface area contributed by atoms with Gasteiger partial charge in [-0.05, 0) is 18.6 Å². The largest absolute Gasteiger partial charge is 0.337 e. The van der Waals surface area contributed by atoms with Crippen molar-refractivity contribution in [3.05, 3.63) is 54.4 Å². The second kappa shape index (κ2) is 8.46. The Balaban J connectivity index is 1.29. The molecule has 0 bridgehead atoms. The highest BCUT2D eigenvalue weighted by molar-refractivity contribution is 5.82. The summed E-state index contributed by atoms with van der Waals surface area (Å²) in [5, 5.41) is 3.04. The number of nitrogens with zero attached hydrogens (tertiary/aromatic N) is 5. The summed E-state index contributed by atoms with van der Waals surface area (Å²) in [7, 11) is 0. The molecule has 3 heterocycles. The monoisotopic (exact) mass is 394 g/mol. The van der Waals surface area contributed by atoms with E-state index in [0.29, 0.717) is 45.1 Å². The second-order valence-electron chi connectivity index (χ2n) is 7.51. The minimum Gasteiger partial charge on any atom is -0.337 e.